The minimum absolute atomic E-state index is 0.197. The van der Waals surface area contributed by atoms with Crippen molar-refractivity contribution < 1.29 is 0 Å². The fourth-order valence-electron chi connectivity index (χ4n) is 3.95. The molecule has 0 bridgehead atoms. The molecule has 2 saturated carbocycles. The SMILES string of the molecule is CN(Cc1ccccn1)C1(CN)CCCC(C2CC2)C1. The van der Waals surface area contributed by atoms with Gasteiger partial charge in [0.05, 0.1) is 5.69 Å². The van der Waals surface area contributed by atoms with E-state index in [9.17, 15) is 0 Å². The van der Waals surface area contributed by atoms with E-state index in [1.165, 1.54) is 38.5 Å². The lowest BCUT2D eigenvalue weighted by atomic mass is 9.73. The van der Waals surface area contributed by atoms with E-state index < -0.39 is 0 Å². The lowest BCUT2D eigenvalue weighted by Gasteiger charge is -2.47. The Morgan fingerprint density at radius 3 is 2.80 bits per heavy atom. The zero-order chi connectivity index (χ0) is 14.0. The maximum atomic E-state index is 6.21. The molecule has 3 nitrogen and oxygen atoms in total. The Labute approximate surface area is 122 Å². The average molecular weight is 273 g/mol. The third kappa shape index (κ3) is 2.89. The molecule has 20 heavy (non-hydrogen) atoms. The van der Waals surface area contributed by atoms with Gasteiger partial charge in [-0.25, -0.2) is 0 Å². The van der Waals surface area contributed by atoms with Crippen molar-refractivity contribution in [3.05, 3.63) is 30.1 Å². The molecule has 2 N–H and O–H groups in total. The lowest BCUT2D eigenvalue weighted by Crippen LogP contribution is -2.54. The maximum absolute atomic E-state index is 6.21. The van der Waals surface area contributed by atoms with Crippen LogP contribution in [-0.4, -0.2) is 29.0 Å². The van der Waals surface area contributed by atoms with Crippen LogP contribution in [0.3, 0.4) is 0 Å². The quantitative estimate of drug-likeness (QED) is 0.897. The maximum Gasteiger partial charge on any atom is 0.0544 e. The second-order valence-corrected chi connectivity index (χ2v) is 6.80. The summed E-state index contributed by atoms with van der Waals surface area (Å²) in [6, 6.07) is 6.16. The van der Waals surface area contributed by atoms with Crippen LogP contribution in [0.25, 0.3) is 0 Å². The first-order chi connectivity index (χ1) is 9.73. The van der Waals surface area contributed by atoms with Crippen molar-refractivity contribution in [2.75, 3.05) is 13.6 Å². The Balaban J connectivity index is 1.70. The van der Waals surface area contributed by atoms with Crippen molar-refractivity contribution in [3.63, 3.8) is 0 Å². The minimum atomic E-state index is 0.197. The van der Waals surface area contributed by atoms with Crippen LogP contribution in [-0.2, 0) is 6.54 Å². The van der Waals surface area contributed by atoms with Gasteiger partial charge in [-0.15, -0.1) is 0 Å². The highest BCUT2D eigenvalue weighted by Crippen LogP contribution is 2.47. The van der Waals surface area contributed by atoms with Crippen LogP contribution < -0.4 is 5.73 Å². The molecule has 2 aliphatic rings. The summed E-state index contributed by atoms with van der Waals surface area (Å²) in [6.45, 7) is 1.69. The molecular weight excluding hydrogens is 246 g/mol. The van der Waals surface area contributed by atoms with Crippen LogP contribution in [0.5, 0.6) is 0 Å². The highest BCUT2D eigenvalue weighted by Gasteiger charge is 2.43. The van der Waals surface area contributed by atoms with Crippen molar-refractivity contribution >= 4 is 0 Å². The number of hydrogen-bond donors (Lipinski definition) is 1. The highest BCUT2D eigenvalue weighted by molar-refractivity contribution is 5.06. The summed E-state index contributed by atoms with van der Waals surface area (Å²) in [5.74, 6) is 1.92. The van der Waals surface area contributed by atoms with Crippen molar-refractivity contribution in [2.24, 2.45) is 17.6 Å². The van der Waals surface area contributed by atoms with Crippen LogP contribution >= 0.6 is 0 Å². The second-order valence-electron chi connectivity index (χ2n) is 6.80. The molecule has 2 unspecified atom stereocenters. The van der Waals surface area contributed by atoms with E-state index in [2.05, 4.69) is 29.1 Å². The molecule has 110 valence electrons. The van der Waals surface area contributed by atoms with Crippen LogP contribution in [0.1, 0.15) is 44.2 Å². The number of likely N-dealkylation sites (N-methyl/N-ethyl adjacent to an activating group) is 1. The van der Waals surface area contributed by atoms with Gasteiger partial charge in [-0.1, -0.05) is 18.9 Å². The zero-order valence-corrected chi connectivity index (χ0v) is 12.6. The Bertz CT molecular complexity index is 429. The Hall–Kier alpha value is -0.930. The van der Waals surface area contributed by atoms with Crippen molar-refractivity contribution in [3.8, 4) is 0 Å². The zero-order valence-electron chi connectivity index (χ0n) is 12.6. The summed E-state index contributed by atoms with van der Waals surface area (Å²) in [4.78, 5) is 6.94. The molecular formula is C17H27N3. The molecule has 1 aromatic heterocycles. The van der Waals surface area contributed by atoms with Gasteiger partial charge in [0.15, 0.2) is 0 Å². The average Bonchev–Trinajstić information content (AvgIpc) is 3.33. The summed E-state index contributed by atoms with van der Waals surface area (Å²) in [5, 5.41) is 0. The Morgan fingerprint density at radius 2 is 2.15 bits per heavy atom. The van der Waals surface area contributed by atoms with E-state index in [1.54, 1.807) is 0 Å². The normalized spacial score (nSPS) is 30.6. The molecule has 0 spiro atoms. The monoisotopic (exact) mass is 273 g/mol. The molecule has 0 saturated heterocycles. The number of pyridine rings is 1. The van der Waals surface area contributed by atoms with Gasteiger partial charge in [-0.2, -0.15) is 0 Å². The van der Waals surface area contributed by atoms with E-state index >= 15 is 0 Å². The van der Waals surface area contributed by atoms with E-state index in [0.29, 0.717) is 0 Å². The van der Waals surface area contributed by atoms with Gasteiger partial charge in [-0.3, -0.25) is 9.88 Å². The number of nitrogens with two attached hydrogens (primary N) is 1. The summed E-state index contributed by atoms with van der Waals surface area (Å²) in [6.07, 6.45) is 10.1. The molecule has 2 fully saturated rings. The third-order valence-electron chi connectivity index (χ3n) is 5.46. The van der Waals surface area contributed by atoms with Gasteiger partial charge in [0.25, 0.3) is 0 Å². The Morgan fingerprint density at radius 1 is 1.30 bits per heavy atom. The second kappa shape index (κ2) is 5.82. The van der Waals surface area contributed by atoms with Gasteiger partial charge in [0, 0.05) is 24.8 Å². The number of nitrogens with zero attached hydrogens (tertiary/aromatic N) is 2. The minimum Gasteiger partial charge on any atom is -0.329 e. The summed E-state index contributed by atoms with van der Waals surface area (Å²) in [5.41, 5.74) is 7.56. The summed E-state index contributed by atoms with van der Waals surface area (Å²) < 4.78 is 0. The third-order valence-corrected chi connectivity index (χ3v) is 5.46. The molecule has 3 rings (SSSR count). The predicted octanol–water partition coefficient (Wildman–Crippen LogP) is 2.81. The number of rotatable bonds is 5. The molecule has 2 aliphatic carbocycles. The first-order valence-corrected chi connectivity index (χ1v) is 8.05. The van der Waals surface area contributed by atoms with Crippen LogP contribution in [0.15, 0.2) is 24.4 Å². The largest absolute Gasteiger partial charge is 0.329 e. The summed E-state index contributed by atoms with van der Waals surface area (Å²) in [7, 11) is 2.23. The van der Waals surface area contributed by atoms with E-state index in [0.717, 1.165) is 30.6 Å². The van der Waals surface area contributed by atoms with Crippen molar-refractivity contribution in [1.82, 2.24) is 9.88 Å². The molecule has 2 atom stereocenters. The molecule has 0 amide bonds. The van der Waals surface area contributed by atoms with Crippen LogP contribution in [0, 0.1) is 11.8 Å². The molecule has 0 radical (unpaired) electrons. The van der Waals surface area contributed by atoms with Crippen molar-refractivity contribution in [1.29, 1.82) is 0 Å². The van der Waals surface area contributed by atoms with Gasteiger partial charge in [-0.05, 0) is 56.7 Å². The van der Waals surface area contributed by atoms with E-state index in [1.807, 2.05) is 12.3 Å². The fourth-order valence-corrected chi connectivity index (χ4v) is 3.95. The molecule has 1 heterocycles. The topological polar surface area (TPSA) is 42.2 Å². The molecule has 1 aromatic rings. The highest BCUT2D eigenvalue weighted by atomic mass is 15.2. The van der Waals surface area contributed by atoms with Crippen LogP contribution in [0.4, 0.5) is 0 Å². The smallest absolute Gasteiger partial charge is 0.0544 e. The van der Waals surface area contributed by atoms with Crippen LogP contribution in [0.2, 0.25) is 0 Å². The first kappa shape index (κ1) is 14.0. The predicted molar refractivity (Wildman–Crippen MR) is 82.2 cm³/mol. The lowest BCUT2D eigenvalue weighted by molar-refractivity contribution is 0.0450. The fraction of sp³-hybridized carbons (Fsp3) is 0.706. The van der Waals surface area contributed by atoms with Crippen molar-refractivity contribution in [2.45, 2.75) is 50.6 Å². The molecule has 0 aliphatic heterocycles. The van der Waals surface area contributed by atoms with Gasteiger partial charge < -0.3 is 5.73 Å². The molecule has 3 heteroatoms. The van der Waals surface area contributed by atoms with Gasteiger partial charge in [0.2, 0.25) is 0 Å². The number of hydrogen-bond acceptors (Lipinski definition) is 3. The standard InChI is InChI=1S/C17H27N3/c1-20(12-16-6-2-3-10-19-16)17(13-18)9-4-5-15(11-17)14-7-8-14/h2-3,6,10,14-15H,4-5,7-9,11-13,18H2,1H3. The van der Waals surface area contributed by atoms with E-state index in [-0.39, 0.29) is 5.54 Å². The molecule has 0 aromatic carbocycles. The van der Waals surface area contributed by atoms with E-state index in [4.69, 9.17) is 5.73 Å². The van der Waals surface area contributed by atoms with Gasteiger partial charge >= 0.3 is 0 Å². The summed E-state index contributed by atoms with van der Waals surface area (Å²) >= 11 is 0. The van der Waals surface area contributed by atoms with Gasteiger partial charge in [0.1, 0.15) is 0 Å². The first-order valence-electron chi connectivity index (χ1n) is 8.05. The number of aromatic nitrogens is 1. The Kier molecular flexibility index (Phi) is 4.08.